The monoisotopic (exact) mass is 285 g/mol. The molecule has 0 aliphatic rings. The second-order valence-electron chi connectivity index (χ2n) is 4.65. The Morgan fingerprint density at radius 1 is 1.47 bits per heavy atom. The Morgan fingerprint density at radius 3 is 2.68 bits per heavy atom. The number of benzene rings is 1. The maximum absolute atomic E-state index is 13.1. The highest BCUT2D eigenvalue weighted by molar-refractivity contribution is 7.80. The lowest BCUT2D eigenvalue weighted by Gasteiger charge is -2.22. The van der Waals surface area contributed by atoms with E-state index >= 15 is 0 Å². The van der Waals surface area contributed by atoms with E-state index in [-0.39, 0.29) is 22.8 Å². The standard InChI is InChI=1S/C14H20FNO2S/c1-4-18-8-12(9(2)3)16-14(17)10-5-6-11(15)13(19)7-10/h5-7,9,12,19H,4,8H2,1-3H3,(H,16,17). The minimum atomic E-state index is -0.436. The molecule has 3 nitrogen and oxygen atoms in total. The highest BCUT2D eigenvalue weighted by Gasteiger charge is 2.17. The lowest BCUT2D eigenvalue weighted by molar-refractivity contribution is 0.0806. The van der Waals surface area contributed by atoms with E-state index in [0.29, 0.717) is 18.8 Å². The normalized spacial score (nSPS) is 12.5. The fraction of sp³-hybridized carbons (Fsp3) is 0.500. The summed E-state index contributed by atoms with van der Waals surface area (Å²) in [6.45, 7) is 7.01. The first-order valence-corrected chi connectivity index (χ1v) is 6.77. The van der Waals surface area contributed by atoms with Crippen LogP contribution in [0.25, 0.3) is 0 Å². The van der Waals surface area contributed by atoms with Crippen molar-refractivity contribution in [3.63, 3.8) is 0 Å². The molecule has 0 saturated heterocycles. The largest absolute Gasteiger partial charge is 0.380 e. The average Bonchev–Trinajstić information content (AvgIpc) is 2.37. The summed E-state index contributed by atoms with van der Waals surface area (Å²) < 4.78 is 18.4. The van der Waals surface area contributed by atoms with Crippen molar-refractivity contribution in [1.29, 1.82) is 0 Å². The fourth-order valence-electron chi connectivity index (χ4n) is 1.55. The van der Waals surface area contributed by atoms with E-state index in [9.17, 15) is 9.18 Å². The Hall–Kier alpha value is -1.07. The second-order valence-corrected chi connectivity index (χ2v) is 5.13. The third-order valence-corrected chi connectivity index (χ3v) is 3.17. The molecule has 0 bridgehead atoms. The van der Waals surface area contributed by atoms with Crippen LogP contribution >= 0.6 is 12.6 Å². The van der Waals surface area contributed by atoms with Gasteiger partial charge in [-0.1, -0.05) is 13.8 Å². The predicted molar refractivity (Wildman–Crippen MR) is 76.2 cm³/mol. The van der Waals surface area contributed by atoms with E-state index in [4.69, 9.17) is 4.74 Å². The van der Waals surface area contributed by atoms with Crippen molar-refractivity contribution in [3.8, 4) is 0 Å². The average molecular weight is 285 g/mol. The van der Waals surface area contributed by atoms with Gasteiger partial charge in [0.2, 0.25) is 0 Å². The Bertz CT molecular complexity index is 437. The van der Waals surface area contributed by atoms with Gasteiger partial charge in [-0.15, -0.1) is 12.6 Å². The quantitative estimate of drug-likeness (QED) is 0.789. The predicted octanol–water partition coefficient (Wildman–Crippen LogP) is 2.91. The maximum Gasteiger partial charge on any atom is 0.251 e. The highest BCUT2D eigenvalue weighted by atomic mass is 32.1. The Kier molecular flexibility index (Phi) is 6.31. The third kappa shape index (κ3) is 4.84. The van der Waals surface area contributed by atoms with Crippen LogP contribution in [0.15, 0.2) is 23.1 Å². The number of thiol groups is 1. The van der Waals surface area contributed by atoms with Crippen molar-refractivity contribution in [2.24, 2.45) is 5.92 Å². The summed E-state index contributed by atoms with van der Waals surface area (Å²) in [7, 11) is 0. The van der Waals surface area contributed by atoms with Crippen LogP contribution in [0, 0.1) is 11.7 Å². The number of hydrogen-bond donors (Lipinski definition) is 2. The number of nitrogens with one attached hydrogen (secondary N) is 1. The summed E-state index contributed by atoms with van der Waals surface area (Å²) in [6.07, 6.45) is 0. The van der Waals surface area contributed by atoms with Crippen molar-refractivity contribution < 1.29 is 13.9 Å². The molecule has 0 heterocycles. The van der Waals surface area contributed by atoms with Crippen molar-refractivity contribution in [2.75, 3.05) is 13.2 Å². The first-order valence-electron chi connectivity index (χ1n) is 6.32. The van der Waals surface area contributed by atoms with Gasteiger partial charge < -0.3 is 10.1 Å². The summed E-state index contributed by atoms with van der Waals surface area (Å²) in [5.74, 6) is -0.422. The molecule has 1 aromatic carbocycles. The minimum Gasteiger partial charge on any atom is -0.380 e. The third-order valence-electron chi connectivity index (χ3n) is 2.83. The van der Waals surface area contributed by atoms with Crippen molar-refractivity contribution in [3.05, 3.63) is 29.6 Å². The molecule has 5 heteroatoms. The molecule has 0 radical (unpaired) electrons. The number of carbonyl (C=O) groups excluding carboxylic acids is 1. The first-order chi connectivity index (χ1) is 8.95. The number of carbonyl (C=O) groups is 1. The van der Waals surface area contributed by atoms with Crippen molar-refractivity contribution in [2.45, 2.75) is 31.7 Å². The van der Waals surface area contributed by atoms with Crippen LogP contribution in [0.5, 0.6) is 0 Å². The zero-order valence-corrected chi connectivity index (χ0v) is 12.3. The Labute approximate surface area is 118 Å². The Morgan fingerprint density at radius 2 is 2.16 bits per heavy atom. The molecule has 1 aromatic rings. The van der Waals surface area contributed by atoms with Gasteiger partial charge in [-0.3, -0.25) is 4.79 Å². The molecule has 0 fully saturated rings. The number of ether oxygens (including phenoxy) is 1. The van der Waals surface area contributed by atoms with Gasteiger partial charge in [0.1, 0.15) is 5.82 Å². The van der Waals surface area contributed by atoms with Crippen molar-refractivity contribution in [1.82, 2.24) is 5.32 Å². The van der Waals surface area contributed by atoms with E-state index in [1.165, 1.54) is 18.2 Å². The van der Waals surface area contributed by atoms with Gasteiger partial charge >= 0.3 is 0 Å². The van der Waals surface area contributed by atoms with Gasteiger partial charge in [0.15, 0.2) is 0 Å². The molecule has 106 valence electrons. The molecule has 0 aliphatic heterocycles. The van der Waals surface area contributed by atoms with Gasteiger partial charge in [-0.2, -0.15) is 0 Å². The molecule has 1 atom stereocenters. The van der Waals surface area contributed by atoms with Crippen LogP contribution in [-0.2, 0) is 4.74 Å². The molecular formula is C14H20FNO2S. The maximum atomic E-state index is 13.1. The van der Waals surface area contributed by atoms with E-state index in [2.05, 4.69) is 17.9 Å². The first kappa shape index (κ1) is 16.0. The molecule has 1 N–H and O–H groups in total. The number of amides is 1. The second kappa shape index (κ2) is 7.50. The molecule has 19 heavy (non-hydrogen) atoms. The van der Waals surface area contributed by atoms with E-state index < -0.39 is 5.82 Å². The molecule has 0 saturated carbocycles. The number of hydrogen-bond acceptors (Lipinski definition) is 3. The van der Waals surface area contributed by atoms with Gasteiger partial charge in [-0.25, -0.2) is 4.39 Å². The Balaban J connectivity index is 2.73. The van der Waals surface area contributed by atoms with Crippen LogP contribution in [-0.4, -0.2) is 25.2 Å². The lowest BCUT2D eigenvalue weighted by atomic mass is 10.0. The van der Waals surface area contributed by atoms with Gasteiger partial charge in [-0.05, 0) is 31.0 Å². The van der Waals surface area contributed by atoms with Crippen LogP contribution in [0.4, 0.5) is 4.39 Å². The summed E-state index contributed by atoms with van der Waals surface area (Å²) in [6, 6.07) is 4.04. The molecule has 0 aliphatic carbocycles. The van der Waals surface area contributed by atoms with Gasteiger partial charge in [0.25, 0.3) is 5.91 Å². The molecule has 0 aromatic heterocycles. The molecular weight excluding hydrogens is 265 g/mol. The van der Waals surface area contributed by atoms with Crippen LogP contribution in [0.1, 0.15) is 31.1 Å². The summed E-state index contributed by atoms with van der Waals surface area (Å²) in [4.78, 5) is 12.2. The van der Waals surface area contributed by atoms with E-state index in [1.807, 2.05) is 20.8 Å². The fourth-order valence-corrected chi connectivity index (χ4v) is 1.76. The molecule has 1 unspecified atom stereocenters. The SMILES string of the molecule is CCOCC(NC(=O)c1ccc(F)c(S)c1)C(C)C. The zero-order valence-electron chi connectivity index (χ0n) is 11.4. The zero-order chi connectivity index (χ0) is 14.4. The number of halogens is 1. The van der Waals surface area contributed by atoms with E-state index in [0.717, 1.165) is 0 Å². The highest BCUT2D eigenvalue weighted by Crippen LogP contribution is 2.14. The minimum absolute atomic E-state index is 0.0686. The van der Waals surface area contributed by atoms with Crippen LogP contribution < -0.4 is 5.32 Å². The van der Waals surface area contributed by atoms with Crippen molar-refractivity contribution >= 4 is 18.5 Å². The van der Waals surface area contributed by atoms with Gasteiger partial charge in [0.05, 0.1) is 12.6 Å². The smallest absolute Gasteiger partial charge is 0.251 e. The summed E-state index contributed by atoms with van der Waals surface area (Å²) in [5, 5.41) is 2.89. The topological polar surface area (TPSA) is 38.3 Å². The lowest BCUT2D eigenvalue weighted by Crippen LogP contribution is -2.41. The molecule has 0 spiro atoms. The molecule has 1 rings (SSSR count). The van der Waals surface area contributed by atoms with Crippen LogP contribution in [0.3, 0.4) is 0 Å². The van der Waals surface area contributed by atoms with E-state index in [1.54, 1.807) is 0 Å². The summed E-state index contributed by atoms with van der Waals surface area (Å²) in [5.41, 5.74) is 0.397. The molecule has 1 amide bonds. The summed E-state index contributed by atoms with van der Waals surface area (Å²) >= 11 is 3.97. The number of rotatable bonds is 6. The van der Waals surface area contributed by atoms with Gasteiger partial charge in [0, 0.05) is 17.1 Å². The van der Waals surface area contributed by atoms with Crippen LogP contribution in [0.2, 0.25) is 0 Å².